The summed E-state index contributed by atoms with van der Waals surface area (Å²) in [7, 11) is 0. The molecule has 0 fully saturated rings. The standard InChI is InChI=1S/C18H16O2/c19-11-3-1-5-15-7-9-17-10-8-16(6-2-4-12-20)14-18(17)13-15/h7-10,13-14,19-20H,3-4,11-12H2. The first-order valence-electron chi connectivity index (χ1n) is 6.57. The fraction of sp³-hybridized carbons (Fsp3) is 0.222. The maximum atomic E-state index is 8.72. The maximum Gasteiger partial charge on any atom is 0.0540 e. The summed E-state index contributed by atoms with van der Waals surface area (Å²) < 4.78 is 0. The van der Waals surface area contributed by atoms with Gasteiger partial charge in [-0.25, -0.2) is 0 Å². The molecule has 2 aromatic carbocycles. The van der Waals surface area contributed by atoms with Crippen molar-refractivity contribution in [2.75, 3.05) is 13.2 Å². The molecular weight excluding hydrogens is 248 g/mol. The number of benzene rings is 2. The predicted octanol–water partition coefficient (Wildman–Crippen LogP) is 2.31. The average Bonchev–Trinajstić information content (AvgIpc) is 2.47. The monoisotopic (exact) mass is 264 g/mol. The highest BCUT2D eigenvalue weighted by Gasteiger charge is 1.96. The first kappa shape index (κ1) is 14.2. The molecule has 0 aliphatic heterocycles. The molecule has 2 N–H and O–H groups in total. The van der Waals surface area contributed by atoms with Crippen molar-refractivity contribution in [2.45, 2.75) is 12.8 Å². The molecule has 0 saturated heterocycles. The number of fused-ring (bicyclic) bond motifs is 1. The van der Waals surface area contributed by atoms with Crippen molar-refractivity contribution in [3.05, 3.63) is 47.5 Å². The highest BCUT2D eigenvalue weighted by atomic mass is 16.3. The third-order valence-electron chi connectivity index (χ3n) is 2.78. The molecule has 0 saturated carbocycles. The van der Waals surface area contributed by atoms with Crippen molar-refractivity contribution in [2.24, 2.45) is 0 Å². The molecule has 0 heterocycles. The molecule has 2 aromatic rings. The number of hydrogen-bond donors (Lipinski definition) is 2. The lowest BCUT2D eigenvalue weighted by Gasteiger charge is -1.99. The molecule has 0 aromatic heterocycles. The van der Waals surface area contributed by atoms with E-state index in [-0.39, 0.29) is 13.2 Å². The van der Waals surface area contributed by atoms with Crippen LogP contribution in [0.25, 0.3) is 10.8 Å². The molecule has 0 amide bonds. The quantitative estimate of drug-likeness (QED) is 0.817. The van der Waals surface area contributed by atoms with E-state index in [0.717, 1.165) is 21.9 Å². The van der Waals surface area contributed by atoms with E-state index < -0.39 is 0 Å². The largest absolute Gasteiger partial charge is 0.395 e. The molecule has 0 radical (unpaired) electrons. The van der Waals surface area contributed by atoms with Crippen LogP contribution in [0.3, 0.4) is 0 Å². The van der Waals surface area contributed by atoms with Gasteiger partial charge < -0.3 is 10.2 Å². The van der Waals surface area contributed by atoms with E-state index in [2.05, 4.69) is 23.7 Å². The third kappa shape index (κ3) is 3.87. The van der Waals surface area contributed by atoms with Gasteiger partial charge in [0.05, 0.1) is 13.2 Å². The Hall–Kier alpha value is -2.26. The minimum absolute atomic E-state index is 0.0885. The first-order valence-corrected chi connectivity index (χ1v) is 6.57. The van der Waals surface area contributed by atoms with Gasteiger partial charge in [-0.3, -0.25) is 0 Å². The van der Waals surface area contributed by atoms with E-state index in [1.165, 1.54) is 0 Å². The average molecular weight is 264 g/mol. The summed E-state index contributed by atoms with van der Waals surface area (Å²) in [6.45, 7) is 0.177. The van der Waals surface area contributed by atoms with Crippen LogP contribution >= 0.6 is 0 Å². The number of aliphatic hydroxyl groups excluding tert-OH is 2. The van der Waals surface area contributed by atoms with Gasteiger partial charge in [0.25, 0.3) is 0 Å². The Morgan fingerprint density at radius 2 is 1.20 bits per heavy atom. The van der Waals surface area contributed by atoms with Crippen LogP contribution in [0.1, 0.15) is 24.0 Å². The molecule has 20 heavy (non-hydrogen) atoms. The second kappa shape index (κ2) is 7.36. The molecule has 100 valence electrons. The Labute approximate surface area is 119 Å². The normalized spacial score (nSPS) is 9.50. The van der Waals surface area contributed by atoms with Crippen LogP contribution in [0.15, 0.2) is 36.4 Å². The molecule has 0 aliphatic rings. The van der Waals surface area contributed by atoms with Crippen LogP contribution < -0.4 is 0 Å². The first-order chi connectivity index (χ1) is 9.83. The molecule has 0 atom stereocenters. The van der Waals surface area contributed by atoms with E-state index in [9.17, 15) is 0 Å². The van der Waals surface area contributed by atoms with E-state index in [1.54, 1.807) is 0 Å². The fourth-order valence-corrected chi connectivity index (χ4v) is 1.84. The number of aliphatic hydroxyl groups is 2. The van der Waals surface area contributed by atoms with Gasteiger partial charge in [-0.15, -0.1) is 0 Å². The number of rotatable bonds is 2. The molecule has 0 bridgehead atoms. The summed E-state index contributed by atoms with van der Waals surface area (Å²) in [6.07, 6.45) is 0.982. The lowest BCUT2D eigenvalue weighted by Crippen LogP contribution is -1.81. The molecule has 2 heteroatoms. The van der Waals surface area contributed by atoms with Gasteiger partial charge in [-0.05, 0) is 35.0 Å². The summed E-state index contributed by atoms with van der Waals surface area (Å²) in [5.41, 5.74) is 1.87. The van der Waals surface area contributed by atoms with Gasteiger partial charge >= 0.3 is 0 Å². The molecule has 2 nitrogen and oxygen atoms in total. The Balaban J connectivity index is 2.31. The van der Waals surface area contributed by atoms with Crippen molar-refractivity contribution >= 4 is 10.8 Å². The van der Waals surface area contributed by atoms with E-state index in [4.69, 9.17) is 10.2 Å². The maximum absolute atomic E-state index is 8.72. The van der Waals surface area contributed by atoms with Gasteiger partial charge in [0, 0.05) is 24.0 Å². The van der Waals surface area contributed by atoms with Gasteiger partial charge in [0.1, 0.15) is 0 Å². The van der Waals surface area contributed by atoms with Crippen molar-refractivity contribution in [1.29, 1.82) is 0 Å². The zero-order valence-electron chi connectivity index (χ0n) is 11.2. The Kier molecular flexibility index (Phi) is 5.21. The third-order valence-corrected chi connectivity index (χ3v) is 2.78. The van der Waals surface area contributed by atoms with E-state index in [1.807, 2.05) is 36.4 Å². The van der Waals surface area contributed by atoms with Crippen LogP contribution in [0.4, 0.5) is 0 Å². The lowest BCUT2D eigenvalue weighted by atomic mass is 10.0. The van der Waals surface area contributed by atoms with Gasteiger partial charge in [0.2, 0.25) is 0 Å². The smallest absolute Gasteiger partial charge is 0.0540 e. The second-order valence-corrected chi connectivity index (χ2v) is 4.33. The highest BCUT2D eigenvalue weighted by Crippen LogP contribution is 2.17. The summed E-state index contributed by atoms with van der Waals surface area (Å²) in [5, 5.41) is 19.7. The van der Waals surface area contributed by atoms with Crippen molar-refractivity contribution in [3.8, 4) is 23.7 Å². The summed E-state index contributed by atoms with van der Waals surface area (Å²) in [6, 6.07) is 12.1. The summed E-state index contributed by atoms with van der Waals surface area (Å²) >= 11 is 0. The molecule has 0 unspecified atom stereocenters. The van der Waals surface area contributed by atoms with Crippen LogP contribution in [0.5, 0.6) is 0 Å². The van der Waals surface area contributed by atoms with Crippen LogP contribution in [-0.4, -0.2) is 23.4 Å². The minimum Gasteiger partial charge on any atom is -0.395 e. The van der Waals surface area contributed by atoms with Crippen molar-refractivity contribution < 1.29 is 10.2 Å². The van der Waals surface area contributed by atoms with Gasteiger partial charge in [-0.1, -0.05) is 35.8 Å². The van der Waals surface area contributed by atoms with E-state index in [0.29, 0.717) is 12.8 Å². The predicted molar refractivity (Wildman–Crippen MR) is 81.1 cm³/mol. The zero-order chi connectivity index (χ0) is 14.2. The highest BCUT2D eigenvalue weighted by molar-refractivity contribution is 5.85. The van der Waals surface area contributed by atoms with Gasteiger partial charge in [0.15, 0.2) is 0 Å². The van der Waals surface area contributed by atoms with Crippen LogP contribution in [0, 0.1) is 23.7 Å². The summed E-state index contributed by atoms with van der Waals surface area (Å²) in [5.74, 6) is 11.9. The molecule has 0 spiro atoms. The van der Waals surface area contributed by atoms with Crippen molar-refractivity contribution in [3.63, 3.8) is 0 Å². The van der Waals surface area contributed by atoms with Crippen LogP contribution in [0.2, 0.25) is 0 Å². The zero-order valence-corrected chi connectivity index (χ0v) is 11.2. The fourth-order valence-electron chi connectivity index (χ4n) is 1.84. The van der Waals surface area contributed by atoms with E-state index >= 15 is 0 Å². The van der Waals surface area contributed by atoms with Gasteiger partial charge in [-0.2, -0.15) is 0 Å². The molecule has 0 aliphatic carbocycles. The van der Waals surface area contributed by atoms with Crippen LogP contribution in [-0.2, 0) is 0 Å². The Morgan fingerprint density at radius 1 is 0.700 bits per heavy atom. The Bertz CT molecular complexity index is 650. The molecular formula is C18H16O2. The second-order valence-electron chi connectivity index (χ2n) is 4.33. The van der Waals surface area contributed by atoms with Crippen molar-refractivity contribution in [1.82, 2.24) is 0 Å². The lowest BCUT2D eigenvalue weighted by molar-refractivity contribution is 0.304. The minimum atomic E-state index is 0.0885. The Morgan fingerprint density at radius 3 is 1.65 bits per heavy atom. The topological polar surface area (TPSA) is 40.5 Å². The SMILES string of the molecule is OCCC#Cc1ccc2ccc(C#CCCO)cc2c1. The summed E-state index contributed by atoms with van der Waals surface area (Å²) in [4.78, 5) is 0. The molecule has 2 rings (SSSR count). The number of hydrogen-bond acceptors (Lipinski definition) is 2.